The lowest BCUT2D eigenvalue weighted by atomic mass is 10.0. The molecule has 1 aliphatic heterocycles. The summed E-state index contributed by atoms with van der Waals surface area (Å²) in [6.45, 7) is 6.52. The number of hydrogen-bond donors (Lipinski definition) is 1. The summed E-state index contributed by atoms with van der Waals surface area (Å²) in [5.74, 6) is 0. The second-order valence-electron chi connectivity index (χ2n) is 5.82. The maximum atomic E-state index is 3.63. The summed E-state index contributed by atoms with van der Waals surface area (Å²) in [5.41, 5.74) is 4.23. The molecule has 1 fully saturated rings. The smallest absolute Gasteiger partial charge is 0.0449 e. The van der Waals surface area contributed by atoms with Gasteiger partial charge in [-0.15, -0.1) is 0 Å². The van der Waals surface area contributed by atoms with E-state index < -0.39 is 0 Å². The minimum absolute atomic E-state index is 0.454. The van der Waals surface area contributed by atoms with Crippen molar-refractivity contribution >= 4 is 0 Å². The molecule has 110 valence electrons. The molecular formula is C19H24N2. The van der Waals surface area contributed by atoms with Gasteiger partial charge in [-0.1, -0.05) is 61.5 Å². The predicted octanol–water partition coefficient (Wildman–Crippen LogP) is 3.40. The first-order valence-corrected chi connectivity index (χ1v) is 7.93. The average Bonchev–Trinajstić information content (AvgIpc) is 2.57. The summed E-state index contributed by atoms with van der Waals surface area (Å²) in [7, 11) is 0. The largest absolute Gasteiger partial charge is 0.308 e. The number of rotatable bonds is 4. The fourth-order valence-electron chi connectivity index (χ4n) is 3.00. The molecule has 1 heterocycles. The van der Waals surface area contributed by atoms with E-state index in [4.69, 9.17) is 0 Å². The van der Waals surface area contributed by atoms with Gasteiger partial charge in [0.2, 0.25) is 0 Å². The van der Waals surface area contributed by atoms with Gasteiger partial charge in [0, 0.05) is 32.2 Å². The van der Waals surface area contributed by atoms with E-state index in [1.165, 1.54) is 16.7 Å². The lowest BCUT2D eigenvalue weighted by Gasteiger charge is -2.34. The van der Waals surface area contributed by atoms with Crippen LogP contribution in [0.3, 0.4) is 0 Å². The van der Waals surface area contributed by atoms with Gasteiger partial charge in [-0.25, -0.2) is 0 Å². The molecule has 1 unspecified atom stereocenters. The summed E-state index contributed by atoms with van der Waals surface area (Å²) in [6, 6.07) is 20.3. The first-order valence-electron chi connectivity index (χ1n) is 7.93. The molecule has 0 amide bonds. The molecule has 2 aromatic carbocycles. The highest BCUT2D eigenvalue weighted by molar-refractivity contribution is 5.23. The lowest BCUT2D eigenvalue weighted by Crippen LogP contribution is -2.45. The molecule has 0 saturated carbocycles. The van der Waals surface area contributed by atoms with Crippen LogP contribution in [0.4, 0.5) is 0 Å². The van der Waals surface area contributed by atoms with E-state index in [9.17, 15) is 0 Å². The Hall–Kier alpha value is -1.64. The summed E-state index contributed by atoms with van der Waals surface area (Å²) in [5, 5.41) is 3.63. The molecule has 0 aliphatic carbocycles. The second kappa shape index (κ2) is 6.88. The van der Waals surface area contributed by atoms with Crippen LogP contribution in [0.5, 0.6) is 0 Å². The highest BCUT2D eigenvalue weighted by Gasteiger charge is 2.20. The van der Waals surface area contributed by atoms with Crippen molar-refractivity contribution < 1.29 is 0 Å². The quantitative estimate of drug-likeness (QED) is 0.923. The molecular weight excluding hydrogens is 256 g/mol. The van der Waals surface area contributed by atoms with E-state index in [-0.39, 0.29) is 0 Å². The van der Waals surface area contributed by atoms with E-state index in [1.54, 1.807) is 0 Å². The molecule has 0 spiro atoms. The summed E-state index contributed by atoms with van der Waals surface area (Å²) >= 11 is 0. The third-order valence-electron chi connectivity index (χ3n) is 4.30. The maximum absolute atomic E-state index is 3.63. The number of hydrogen-bond acceptors (Lipinski definition) is 2. The molecule has 2 aromatic rings. The van der Waals surface area contributed by atoms with Crippen molar-refractivity contribution in [2.75, 3.05) is 19.6 Å². The first kappa shape index (κ1) is 14.3. The molecule has 0 aromatic heterocycles. The number of benzene rings is 2. The Balaban J connectivity index is 1.63. The number of nitrogens with one attached hydrogen (secondary N) is 1. The minimum atomic E-state index is 0.454. The second-order valence-corrected chi connectivity index (χ2v) is 5.82. The Labute approximate surface area is 127 Å². The number of nitrogens with zero attached hydrogens (tertiary/aromatic N) is 1. The van der Waals surface area contributed by atoms with E-state index in [2.05, 4.69) is 71.7 Å². The Morgan fingerprint density at radius 2 is 1.71 bits per heavy atom. The average molecular weight is 280 g/mol. The number of piperazine rings is 1. The standard InChI is InChI=1S/C19H24N2/c1-2-16-8-10-17(11-9-16)14-21-13-12-20-19(15-21)18-6-4-3-5-7-18/h3-11,19-20H,2,12-15H2,1H3. The van der Waals surface area contributed by atoms with Gasteiger partial charge in [0.25, 0.3) is 0 Å². The Bertz CT molecular complexity index is 548. The van der Waals surface area contributed by atoms with Gasteiger partial charge in [-0.2, -0.15) is 0 Å². The van der Waals surface area contributed by atoms with Crippen molar-refractivity contribution in [3.05, 3.63) is 71.3 Å². The minimum Gasteiger partial charge on any atom is -0.308 e. The van der Waals surface area contributed by atoms with Gasteiger partial charge < -0.3 is 5.32 Å². The molecule has 2 heteroatoms. The first-order chi connectivity index (χ1) is 10.3. The van der Waals surface area contributed by atoms with Gasteiger partial charge in [0.05, 0.1) is 0 Å². The fourth-order valence-corrected chi connectivity index (χ4v) is 3.00. The van der Waals surface area contributed by atoms with E-state index in [0.29, 0.717) is 6.04 Å². The van der Waals surface area contributed by atoms with Crippen LogP contribution in [0.2, 0.25) is 0 Å². The number of aryl methyl sites for hydroxylation is 1. The van der Waals surface area contributed by atoms with Crippen LogP contribution in [0.25, 0.3) is 0 Å². The van der Waals surface area contributed by atoms with Crippen molar-refractivity contribution in [3.63, 3.8) is 0 Å². The van der Waals surface area contributed by atoms with Gasteiger partial charge in [0.1, 0.15) is 0 Å². The van der Waals surface area contributed by atoms with Crippen molar-refractivity contribution in [1.29, 1.82) is 0 Å². The van der Waals surface area contributed by atoms with Crippen LogP contribution in [0.15, 0.2) is 54.6 Å². The molecule has 1 atom stereocenters. The third kappa shape index (κ3) is 3.72. The van der Waals surface area contributed by atoms with Crippen molar-refractivity contribution in [2.24, 2.45) is 0 Å². The Kier molecular flexibility index (Phi) is 4.69. The topological polar surface area (TPSA) is 15.3 Å². The third-order valence-corrected chi connectivity index (χ3v) is 4.30. The van der Waals surface area contributed by atoms with Gasteiger partial charge in [-0.3, -0.25) is 4.90 Å². The Morgan fingerprint density at radius 1 is 1.00 bits per heavy atom. The zero-order valence-electron chi connectivity index (χ0n) is 12.8. The summed E-state index contributed by atoms with van der Waals surface area (Å²) in [6.07, 6.45) is 1.12. The van der Waals surface area contributed by atoms with Crippen LogP contribution >= 0.6 is 0 Å². The summed E-state index contributed by atoms with van der Waals surface area (Å²) in [4.78, 5) is 2.55. The van der Waals surface area contributed by atoms with Crippen LogP contribution in [-0.2, 0) is 13.0 Å². The molecule has 21 heavy (non-hydrogen) atoms. The molecule has 1 aliphatic rings. The molecule has 1 N–H and O–H groups in total. The summed E-state index contributed by atoms with van der Waals surface area (Å²) < 4.78 is 0. The van der Waals surface area contributed by atoms with E-state index in [0.717, 1.165) is 32.6 Å². The maximum Gasteiger partial charge on any atom is 0.0449 e. The Morgan fingerprint density at radius 3 is 2.43 bits per heavy atom. The zero-order chi connectivity index (χ0) is 14.5. The van der Waals surface area contributed by atoms with Crippen molar-refractivity contribution in [2.45, 2.75) is 25.9 Å². The highest BCUT2D eigenvalue weighted by atomic mass is 15.2. The van der Waals surface area contributed by atoms with Crippen molar-refractivity contribution in [1.82, 2.24) is 10.2 Å². The molecule has 0 radical (unpaired) electrons. The monoisotopic (exact) mass is 280 g/mol. The molecule has 1 saturated heterocycles. The van der Waals surface area contributed by atoms with Gasteiger partial charge >= 0.3 is 0 Å². The van der Waals surface area contributed by atoms with Crippen LogP contribution < -0.4 is 5.32 Å². The molecule has 0 bridgehead atoms. The van der Waals surface area contributed by atoms with Crippen molar-refractivity contribution in [3.8, 4) is 0 Å². The van der Waals surface area contributed by atoms with E-state index >= 15 is 0 Å². The molecule has 2 nitrogen and oxygen atoms in total. The van der Waals surface area contributed by atoms with Crippen LogP contribution in [0, 0.1) is 0 Å². The zero-order valence-corrected chi connectivity index (χ0v) is 12.8. The SMILES string of the molecule is CCc1ccc(CN2CCNC(c3ccccc3)C2)cc1. The highest BCUT2D eigenvalue weighted by Crippen LogP contribution is 2.18. The fraction of sp³-hybridized carbons (Fsp3) is 0.368. The predicted molar refractivity (Wildman–Crippen MR) is 88.3 cm³/mol. The van der Waals surface area contributed by atoms with Gasteiger partial charge in [0.15, 0.2) is 0 Å². The lowest BCUT2D eigenvalue weighted by molar-refractivity contribution is 0.193. The van der Waals surface area contributed by atoms with Gasteiger partial charge in [-0.05, 0) is 23.1 Å². The normalized spacial score (nSPS) is 19.6. The molecule has 3 rings (SSSR count). The van der Waals surface area contributed by atoms with E-state index in [1.807, 2.05) is 0 Å². The van der Waals surface area contributed by atoms with Crippen LogP contribution in [-0.4, -0.2) is 24.5 Å². The van der Waals surface area contributed by atoms with Crippen LogP contribution in [0.1, 0.15) is 29.7 Å².